The van der Waals surface area contributed by atoms with Gasteiger partial charge in [-0.1, -0.05) is 18.7 Å². The number of aromatic nitrogens is 2. The second-order valence-electron chi connectivity index (χ2n) is 5.68. The minimum absolute atomic E-state index is 0.0796. The number of sulfonamides is 1. The third-order valence-electron chi connectivity index (χ3n) is 3.82. The summed E-state index contributed by atoms with van der Waals surface area (Å²) in [5, 5.41) is 19.3. The van der Waals surface area contributed by atoms with Crippen molar-refractivity contribution in [3.63, 3.8) is 0 Å². The number of hydrogen-bond donors (Lipinski definition) is 2. The Morgan fingerprint density at radius 3 is 2.44 bits per heavy atom. The fourth-order valence-corrected chi connectivity index (χ4v) is 3.02. The summed E-state index contributed by atoms with van der Waals surface area (Å²) in [7, 11) is -3.84. The molecule has 0 fully saturated rings. The summed E-state index contributed by atoms with van der Waals surface area (Å²) in [6.45, 7) is 3.78. The Balaban J connectivity index is 2.11. The Morgan fingerprint density at radius 1 is 1.19 bits per heavy atom. The maximum atomic E-state index is 12.7. The van der Waals surface area contributed by atoms with Gasteiger partial charge in [0, 0.05) is 12.1 Å². The van der Waals surface area contributed by atoms with Crippen LogP contribution in [0.1, 0.15) is 5.56 Å². The highest BCUT2D eigenvalue weighted by Gasteiger charge is 2.10. The second kappa shape index (κ2) is 6.67. The molecule has 2 aromatic carbocycles. The normalized spacial score (nSPS) is 12.3. The predicted molar refractivity (Wildman–Crippen MR) is 99.2 cm³/mol. The molecule has 10 heteroatoms. The quantitative estimate of drug-likeness (QED) is 0.478. The molecule has 3 rings (SSSR count). The van der Waals surface area contributed by atoms with Gasteiger partial charge in [-0.05, 0) is 35.9 Å². The van der Waals surface area contributed by atoms with Crippen molar-refractivity contribution in [2.24, 2.45) is 5.14 Å². The van der Waals surface area contributed by atoms with Gasteiger partial charge in [-0.2, -0.15) is 0 Å². The van der Waals surface area contributed by atoms with E-state index in [0.717, 1.165) is 0 Å². The van der Waals surface area contributed by atoms with Crippen molar-refractivity contribution in [1.82, 2.24) is 9.78 Å². The Labute approximate surface area is 152 Å². The molecule has 0 amide bonds. The summed E-state index contributed by atoms with van der Waals surface area (Å²) in [5.74, 6) is 0. The van der Waals surface area contributed by atoms with Crippen LogP contribution in [0.25, 0.3) is 18.3 Å². The topological polar surface area (TPSA) is 141 Å². The van der Waals surface area contributed by atoms with Crippen molar-refractivity contribution < 1.29 is 13.3 Å². The summed E-state index contributed by atoms with van der Waals surface area (Å²) in [4.78, 5) is 23.0. The molecule has 0 atom stereocenters. The summed E-state index contributed by atoms with van der Waals surface area (Å²) in [6.07, 6.45) is 1.49. The van der Waals surface area contributed by atoms with E-state index in [0.29, 0.717) is 16.6 Å². The van der Waals surface area contributed by atoms with Gasteiger partial charge in [0.1, 0.15) is 0 Å². The molecular weight excluding hydrogens is 372 g/mol. The lowest BCUT2D eigenvalue weighted by molar-refractivity contribution is -0.384. The first-order valence-corrected chi connectivity index (χ1v) is 9.11. The summed E-state index contributed by atoms with van der Waals surface area (Å²) in [5.41, 5.74) is 0.330. The fourth-order valence-electron chi connectivity index (χ4n) is 2.51. The summed E-state index contributed by atoms with van der Waals surface area (Å²) < 4.78 is 23.8. The molecule has 0 unspecified atom stereocenters. The Hall–Kier alpha value is -3.50. The second-order valence-corrected chi connectivity index (χ2v) is 7.24. The van der Waals surface area contributed by atoms with Gasteiger partial charge in [0.15, 0.2) is 0 Å². The average Bonchev–Trinajstić information content (AvgIpc) is 2.89. The zero-order valence-electron chi connectivity index (χ0n) is 13.8. The highest BCUT2D eigenvalue weighted by atomic mass is 32.2. The SMILES string of the molecule is C=c1[nH]n(-c2ccc(S(N)(=O)=O)cc2)c(=O)/c1=C\c1cccc([N+](=O)[O-])c1. The first-order chi connectivity index (χ1) is 12.7. The first kappa shape index (κ1) is 18.3. The van der Waals surface area contributed by atoms with Crippen LogP contribution in [-0.4, -0.2) is 23.1 Å². The molecule has 0 saturated carbocycles. The van der Waals surface area contributed by atoms with Crippen molar-refractivity contribution in [3.05, 3.63) is 85.1 Å². The minimum atomic E-state index is -3.84. The maximum Gasteiger partial charge on any atom is 0.279 e. The third-order valence-corrected chi connectivity index (χ3v) is 4.75. The molecule has 3 N–H and O–H groups in total. The molecule has 0 spiro atoms. The van der Waals surface area contributed by atoms with E-state index in [2.05, 4.69) is 11.7 Å². The van der Waals surface area contributed by atoms with E-state index in [-0.39, 0.29) is 15.8 Å². The van der Waals surface area contributed by atoms with E-state index in [1.54, 1.807) is 6.07 Å². The summed E-state index contributed by atoms with van der Waals surface area (Å²) in [6, 6.07) is 11.3. The molecule has 1 heterocycles. The molecule has 0 aliphatic heterocycles. The Morgan fingerprint density at radius 2 is 1.85 bits per heavy atom. The first-order valence-electron chi connectivity index (χ1n) is 7.56. The lowest BCUT2D eigenvalue weighted by Gasteiger charge is -2.02. The zero-order chi connectivity index (χ0) is 19.8. The number of aromatic amines is 1. The summed E-state index contributed by atoms with van der Waals surface area (Å²) >= 11 is 0. The van der Waals surface area contributed by atoms with Crippen molar-refractivity contribution in [3.8, 4) is 5.69 Å². The number of benzene rings is 2. The smallest absolute Gasteiger partial charge is 0.279 e. The number of rotatable bonds is 4. The molecule has 0 aliphatic carbocycles. The van der Waals surface area contributed by atoms with Crippen molar-refractivity contribution >= 4 is 28.4 Å². The number of nitro groups is 1. The third kappa shape index (κ3) is 3.71. The van der Waals surface area contributed by atoms with Crippen LogP contribution >= 0.6 is 0 Å². The van der Waals surface area contributed by atoms with Gasteiger partial charge >= 0.3 is 0 Å². The van der Waals surface area contributed by atoms with Crippen LogP contribution < -0.4 is 21.3 Å². The van der Waals surface area contributed by atoms with Gasteiger partial charge in [0.2, 0.25) is 10.0 Å². The fraction of sp³-hybridized carbons (Fsp3) is 0. The Bertz CT molecular complexity index is 1300. The number of nitro benzene ring substituents is 1. The lowest BCUT2D eigenvalue weighted by Crippen LogP contribution is -2.33. The number of nitrogens with one attached hydrogen (secondary N) is 1. The number of primary sulfonamides is 1. The monoisotopic (exact) mass is 386 g/mol. The minimum Gasteiger partial charge on any atom is -0.291 e. The molecule has 27 heavy (non-hydrogen) atoms. The van der Waals surface area contributed by atoms with E-state index in [1.807, 2.05) is 0 Å². The van der Waals surface area contributed by atoms with E-state index < -0.39 is 20.5 Å². The van der Waals surface area contributed by atoms with Crippen LogP contribution in [0.2, 0.25) is 0 Å². The number of H-pyrrole nitrogens is 1. The van der Waals surface area contributed by atoms with Gasteiger partial charge in [-0.15, -0.1) is 0 Å². The van der Waals surface area contributed by atoms with Crippen molar-refractivity contribution in [2.45, 2.75) is 4.90 Å². The number of nitrogens with zero attached hydrogens (tertiary/aromatic N) is 2. The van der Waals surface area contributed by atoms with Crippen LogP contribution in [0.5, 0.6) is 0 Å². The molecule has 0 saturated heterocycles. The zero-order valence-corrected chi connectivity index (χ0v) is 14.6. The molecule has 0 bridgehead atoms. The molecule has 0 radical (unpaired) electrons. The molecule has 3 aromatic rings. The number of nitrogens with two attached hydrogens (primary N) is 1. The number of hydrogen-bond acceptors (Lipinski definition) is 5. The van der Waals surface area contributed by atoms with Crippen LogP contribution in [0.3, 0.4) is 0 Å². The van der Waals surface area contributed by atoms with E-state index in [1.165, 1.54) is 53.2 Å². The largest absolute Gasteiger partial charge is 0.291 e. The van der Waals surface area contributed by atoms with Crippen LogP contribution in [0, 0.1) is 10.1 Å². The average molecular weight is 386 g/mol. The molecule has 1 aromatic heterocycles. The van der Waals surface area contributed by atoms with Crippen LogP contribution in [0.15, 0.2) is 58.2 Å². The molecular formula is C17H14N4O5S. The van der Waals surface area contributed by atoms with Gasteiger partial charge in [-0.3, -0.25) is 20.0 Å². The standard InChI is InChI=1S/C17H14N4O5S/c1-11-16(10-12-3-2-4-14(9-12)21(23)24)17(22)20(19-11)13-5-7-15(8-6-13)27(18,25)26/h2-10,19H,1H2,(H2,18,25,26)/b16-10-. The maximum absolute atomic E-state index is 12.7. The van der Waals surface area contributed by atoms with Gasteiger partial charge in [0.05, 0.1) is 26.1 Å². The van der Waals surface area contributed by atoms with E-state index >= 15 is 0 Å². The van der Waals surface area contributed by atoms with Crippen LogP contribution in [-0.2, 0) is 10.0 Å². The lowest BCUT2D eigenvalue weighted by atomic mass is 10.2. The van der Waals surface area contributed by atoms with Gasteiger partial charge in [0.25, 0.3) is 11.2 Å². The highest BCUT2D eigenvalue weighted by Crippen LogP contribution is 2.13. The molecule has 9 nitrogen and oxygen atoms in total. The predicted octanol–water partition coefficient (Wildman–Crippen LogP) is -0.0397. The van der Waals surface area contributed by atoms with Gasteiger partial charge in [-0.25, -0.2) is 18.2 Å². The van der Waals surface area contributed by atoms with E-state index in [4.69, 9.17) is 5.14 Å². The van der Waals surface area contributed by atoms with Crippen molar-refractivity contribution in [1.29, 1.82) is 0 Å². The van der Waals surface area contributed by atoms with Crippen LogP contribution in [0.4, 0.5) is 5.69 Å². The van der Waals surface area contributed by atoms with Gasteiger partial charge < -0.3 is 0 Å². The van der Waals surface area contributed by atoms with E-state index in [9.17, 15) is 23.3 Å². The highest BCUT2D eigenvalue weighted by molar-refractivity contribution is 7.89. The Kier molecular flexibility index (Phi) is 4.52. The number of non-ortho nitro benzene ring substituents is 1. The van der Waals surface area contributed by atoms with Crippen molar-refractivity contribution in [2.75, 3.05) is 0 Å². The molecule has 138 valence electrons. The molecule has 0 aliphatic rings.